The lowest BCUT2D eigenvalue weighted by molar-refractivity contribution is -0.136. The van der Waals surface area contributed by atoms with Crippen molar-refractivity contribution in [3.8, 4) is 33.6 Å². The smallest absolute Gasteiger partial charge is 0.307 e. The zero-order chi connectivity index (χ0) is 22.8. The molecular formula is C27H22N4O2. The number of carboxylic acids is 1. The van der Waals surface area contributed by atoms with Crippen molar-refractivity contribution in [2.45, 2.75) is 6.42 Å². The lowest BCUT2D eigenvalue weighted by Crippen LogP contribution is -1.99. The molecule has 0 aliphatic heterocycles. The molecule has 0 aliphatic rings. The maximum Gasteiger partial charge on any atom is 0.307 e. The van der Waals surface area contributed by atoms with Crippen molar-refractivity contribution in [2.24, 2.45) is 0 Å². The minimum absolute atomic E-state index is 0.0223. The Morgan fingerprint density at radius 2 is 1.70 bits per heavy atom. The monoisotopic (exact) mass is 434 g/mol. The molecule has 0 aliphatic carbocycles. The molecule has 3 aromatic heterocycles. The molecule has 0 atom stereocenters. The van der Waals surface area contributed by atoms with Gasteiger partial charge in [-0.1, -0.05) is 54.6 Å². The number of nitrogens with one attached hydrogen (secondary N) is 1. The summed E-state index contributed by atoms with van der Waals surface area (Å²) in [4.78, 5) is 20.3. The van der Waals surface area contributed by atoms with Crippen LogP contribution in [0.3, 0.4) is 0 Å². The van der Waals surface area contributed by atoms with Crippen LogP contribution in [0.1, 0.15) is 5.56 Å². The van der Waals surface area contributed by atoms with Crippen molar-refractivity contribution in [3.63, 3.8) is 0 Å². The molecule has 0 saturated carbocycles. The summed E-state index contributed by atoms with van der Waals surface area (Å²) >= 11 is 0. The predicted molar refractivity (Wildman–Crippen MR) is 130 cm³/mol. The van der Waals surface area contributed by atoms with Crippen LogP contribution in [0.2, 0.25) is 0 Å². The molecule has 0 amide bonds. The van der Waals surface area contributed by atoms with Gasteiger partial charge in [-0.2, -0.15) is 0 Å². The highest BCUT2D eigenvalue weighted by molar-refractivity contribution is 5.76. The number of rotatable bonds is 6. The molecule has 33 heavy (non-hydrogen) atoms. The van der Waals surface area contributed by atoms with E-state index in [0.29, 0.717) is 0 Å². The van der Waals surface area contributed by atoms with Gasteiger partial charge < -0.3 is 10.4 Å². The number of carbonyl (C=O) groups is 1. The van der Waals surface area contributed by atoms with E-state index in [4.69, 9.17) is 10.1 Å². The summed E-state index contributed by atoms with van der Waals surface area (Å²) in [5.74, 6) is -0.0403. The highest BCUT2D eigenvalue weighted by atomic mass is 16.4. The Morgan fingerprint density at radius 1 is 0.909 bits per heavy atom. The first-order valence-electron chi connectivity index (χ1n) is 10.6. The summed E-state index contributed by atoms with van der Waals surface area (Å²) in [6.45, 7) is 0. The molecule has 0 unspecified atom stereocenters. The van der Waals surface area contributed by atoms with Crippen LogP contribution in [-0.2, 0) is 11.2 Å². The van der Waals surface area contributed by atoms with Gasteiger partial charge in [-0.15, -0.1) is 0 Å². The number of aliphatic carboxylic acids is 1. The second kappa shape index (κ2) is 8.59. The van der Waals surface area contributed by atoms with E-state index in [-0.39, 0.29) is 6.42 Å². The van der Waals surface area contributed by atoms with Crippen LogP contribution in [-0.4, -0.2) is 32.5 Å². The number of aromatic nitrogens is 3. The molecule has 6 nitrogen and oxygen atoms in total. The molecule has 0 fully saturated rings. The maximum absolute atomic E-state index is 10.9. The highest BCUT2D eigenvalue weighted by Crippen LogP contribution is 2.30. The standard InChI is InChI=1S/C27H22N4O2/c1-28-25-15-22(14-23(30-25)20-5-3-2-4-6-20)24-17-29-26-16-21(11-12-31(24)26)19-9-7-18(8-10-19)13-27(32)33/h2-12,14-17H,13H2,1H3,(H,28,30)(H,32,33). The minimum Gasteiger partial charge on any atom is -0.481 e. The first kappa shape index (κ1) is 20.5. The maximum atomic E-state index is 10.9. The average molecular weight is 434 g/mol. The number of nitrogens with zero attached hydrogens (tertiary/aromatic N) is 3. The van der Waals surface area contributed by atoms with Crippen LogP contribution < -0.4 is 5.32 Å². The van der Waals surface area contributed by atoms with Crippen LogP contribution in [0, 0.1) is 0 Å². The van der Waals surface area contributed by atoms with Gasteiger partial charge >= 0.3 is 5.97 Å². The Kier molecular flexibility index (Phi) is 5.32. The third-order valence-corrected chi connectivity index (χ3v) is 5.60. The normalized spacial score (nSPS) is 10.9. The Labute approximate surface area is 191 Å². The number of hydrogen-bond donors (Lipinski definition) is 2. The number of fused-ring (bicyclic) bond motifs is 1. The van der Waals surface area contributed by atoms with E-state index in [1.165, 1.54) is 0 Å². The number of carboxylic acid groups (broad SMARTS) is 1. The SMILES string of the molecule is CNc1cc(-c2cnc3cc(-c4ccc(CC(=O)O)cc4)ccn23)cc(-c2ccccc2)n1. The van der Waals surface area contributed by atoms with Crippen molar-refractivity contribution in [2.75, 3.05) is 12.4 Å². The van der Waals surface area contributed by atoms with E-state index in [1.54, 1.807) is 0 Å². The molecular weight excluding hydrogens is 412 g/mol. The first-order chi connectivity index (χ1) is 16.1. The van der Waals surface area contributed by atoms with Crippen LogP contribution in [0.5, 0.6) is 0 Å². The second-order valence-corrected chi connectivity index (χ2v) is 7.80. The zero-order valence-electron chi connectivity index (χ0n) is 18.1. The molecule has 5 rings (SSSR count). The molecule has 5 aromatic rings. The molecule has 3 heterocycles. The Hall–Kier alpha value is -4.45. The highest BCUT2D eigenvalue weighted by Gasteiger charge is 2.11. The zero-order valence-corrected chi connectivity index (χ0v) is 18.1. The summed E-state index contributed by atoms with van der Waals surface area (Å²) in [6, 6.07) is 25.9. The summed E-state index contributed by atoms with van der Waals surface area (Å²) < 4.78 is 2.06. The minimum atomic E-state index is -0.831. The third-order valence-electron chi connectivity index (χ3n) is 5.60. The van der Waals surface area contributed by atoms with Crippen molar-refractivity contribution in [1.82, 2.24) is 14.4 Å². The van der Waals surface area contributed by atoms with Crippen LogP contribution in [0.15, 0.2) is 91.3 Å². The van der Waals surface area contributed by atoms with E-state index in [0.717, 1.165) is 50.7 Å². The molecule has 2 N–H and O–H groups in total. The quantitative estimate of drug-likeness (QED) is 0.374. The van der Waals surface area contributed by atoms with E-state index in [9.17, 15) is 4.79 Å². The Bertz CT molecular complexity index is 1440. The second-order valence-electron chi connectivity index (χ2n) is 7.80. The van der Waals surface area contributed by atoms with Gasteiger partial charge in [0.15, 0.2) is 0 Å². The van der Waals surface area contributed by atoms with Crippen LogP contribution in [0.25, 0.3) is 39.3 Å². The molecule has 162 valence electrons. The van der Waals surface area contributed by atoms with Crippen LogP contribution in [0.4, 0.5) is 5.82 Å². The predicted octanol–water partition coefficient (Wildman–Crippen LogP) is 5.40. The summed E-state index contributed by atoms with van der Waals surface area (Å²) in [6.07, 6.45) is 3.91. The van der Waals surface area contributed by atoms with Gasteiger partial charge in [0.1, 0.15) is 11.5 Å². The first-order valence-corrected chi connectivity index (χ1v) is 10.6. The Morgan fingerprint density at radius 3 is 2.42 bits per heavy atom. The van der Waals surface area contributed by atoms with Gasteiger partial charge in [0, 0.05) is 24.4 Å². The van der Waals surface area contributed by atoms with Gasteiger partial charge in [-0.3, -0.25) is 9.20 Å². The number of pyridine rings is 2. The molecule has 0 radical (unpaired) electrons. The van der Waals surface area contributed by atoms with Crippen LogP contribution >= 0.6 is 0 Å². The lowest BCUT2D eigenvalue weighted by atomic mass is 10.0. The molecule has 2 aromatic carbocycles. The molecule has 0 saturated heterocycles. The summed E-state index contributed by atoms with van der Waals surface area (Å²) in [5.41, 5.74) is 7.60. The molecule has 0 spiro atoms. The van der Waals surface area contributed by atoms with E-state index < -0.39 is 5.97 Å². The van der Waals surface area contributed by atoms with Gasteiger partial charge in [0.2, 0.25) is 0 Å². The largest absolute Gasteiger partial charge is 0.481 e. The topological polar surface area (TPSA) is 79.5 Å². The number of hydrogen-bond acceptors (Lipinski definition) is 4. The molecule has 6 heteroatoms. The van der Waals surface area contributed by atoms with E-state index in [1.807, 2.05) is 92.2 Å². The van der Waals surface area contributed by atoms with Gasteiger partial charge in [0.25, 0.3) is 0 Å². The van der Waals surface area contributed by atoms with Crippen molar-refractivity contribution < 1.29 is 9.90 Å². The van der Waals surface area contributed by atoms with E-state index in [2.05, 4.69) is 20.8 Å². The lowest BCUT2D eigenvalue weighted by Gasteiger charge is -2.10. The van der Waals surface area contributed by atoms with Crippen molar-refractivity contribution in [1.29, 1.82) is 0 Å². The average Bonchev–Trinajstić information content (AvgIpc) is 3.28. The van der Waals surface area contributed by atoms with Crippen molar-refractivity contribution >= 4 is 17.4 Å². The number of benzene rings is 2. The fraction of sp³-hybridized carbons (Fsp3) is 0.0741. The van der Waals surface area contributed by atoms with Gasteiger partial charge in [-0.05, 0) is 41.0 Å². The third kappa shape index (κ3) is 4.19. The fourth-order valence-corrected chi connectivity index (χ4v) is 3.93. The van der Waals surface area contributed by atoms with Gasteiger partial charge in [0.05, 0.1) is 24.0 Å². The summed E-state index contributed by atoms with van der Waals surface area (Å²) in [7, 11) is 1.86. The molecule has 0 bridgehead atoms. The van der Waals surface area contributed by atoms with Crippen molar-refractivity contribution in [3.05, 3.63) is 96.8 Å². The fourth-order valence-electron chi connectivity index (χ4n) is 3.93. The Balaban J connectivity index is 1.52. The summed E-state index contributed by atoms with van der Waals surface area (Å²) in [5, 5.41) is 12.1. The van der Waals surface area contributed by atoms with E-state index >= 15 is 0 Å². The number of imidazole rings is 1. The van der Waals surface area contributed by atoms with Gasteiger partial charge in [-0.25, -0.2) is 9.97 Å². The number of anilines is 1.